The van der Waals surface area contributed by atoms with Crippen LogP contribution in [0.1, 0.15) is 33.3 Å². The van der Waals surface area contributed by atoms with Crippen molar-refractivity contribution in [3.05, 3.63) is 29.3 Å². The maximum Gasteiger partial charge on any atom is 0.236 e. The number of hydrogen-bond acceptors (Lipinski definition) is 1. The van der Waals surface area contributed by atoms with Crippen LogP contribution in [0.3, 0.4) is 0 Å². The number of carbonyl (C=O) groups is 1. The summed E-state index contributed by atoms with van der Waals surface area (Å²) in [5, 5.41) is 2.58. The molecule has 1 N–H and O–H groups in total. The van der Waals surface area contributed by atoms with Crippen LogP contribution in [-0.4, -0.2) is 5.91 Å². The van der Waals surface area contributed by atoms with Crippen LogP contribution in [0, 0.1) is 22.5 Å². The van der Waals surface area contributed by atoms with Crippen LogP contribution in [0.4, 0.5) is 14.5 Å². The van der Waals surface area contributed by atoms with Crippen molar-refractivity contribution in [3.8, 4) is 0 Å². The smallest absolute Gasteiger partial charge is 0.236 e. The average Bonchev–Trinajstić information content (AvgIpc) is 2.50. The largest absolute Gasteiger partial charge is 0.323 e. The predicted molar refractivity (Wildman–Crippen MR) is 64.2 cm³/mol. The lowest BCUT2D eigenvalue weighted by molar-refractivity contribution is -0.119. The average molecular weight is 251 g/mol. The molecule has 0 radical (unpaired) electrons. The Bertz CT molecular complexity index is 576. The number of nitrogens with one attached hydrogen (secondary N) is 1. The maximum atomic E-state index is 13.7. The quantitative estimate of drug-likeness (QED) is 0.753. The van der Waals surface area contributed by atoms with Crippen molar-refractivity contribution in [2.24, 2.45) is 10.8 Å². The summed E-state index contributed by atoms with van der Waals surface area (Å²) < 4.78 is 27.2. The minimum atomic E-state index is -0.821. The Hall–Kier alpha value is -1.45. The number of amides is 1. The van der Waals surface area contributed by atoms with E-state index in [2.05, 4.69) is 5.32 Å². The number of hydrogen-bond donors (Lipinski definition) is 1. The van der Waals surface area contributed by atoms with Crippen molar-refractivity contribution in [1.29, 1.82) is 0 Å². The monoisotopic (exact) mass is 251 g/mol. The first-order valence-electron chi connectivity index (χ1n) is 5.99. The van der Waals surface area contributed by atoms with E-state index in [9.17, 15) is 13.6 Å². The van der Waals surface area contributed by atoms with Gasteiger partial charge in [-0.3, -0.25) is 4.79 Å². The fourth-order valence-corrected chi connectivity index (χ4v) is 3.88. The molecule has 0 saturated heterocycles. The number of fused-ring (bicyclic) bond motifs is 2. The Labute approximate surface area is 104 Å². The first-order chi connectivity index (χ1) is 8.18. The van der Waals surface area contributed by atoms with Crippen LogP contribution in [0.5, 0.6) is 0 Å². The molecular weight excluding hydrogens is 236 g/mol. The molecule has 4 heteroatoms. The second-order valence-electron chi connectivity index (χ2n) is 6.26. The van der Waals surface area contributed by atoms with E-state index in [0.29, 0.717) is 5.56 Å². The number of rotatable bonds is 0. The summed E-state index contributed by atoms with van der Waals surface area (Å²) in [5.74, 6) is -1.56. The molecule has 3 rings (SSSR count). The highest BCUT2D eigenvalue weighted by atomic mass is 19.1. The third-order valence-corrected chi connectivity index (χ3v) is 5.41. The van der Waals surface area contributed by atoms with E-state index in [-0.39, 0.29) is 22.4 Å². The van der Waals surface area contributed by atoms with Crippen molar-refractivity contribution in [2.45, 2.75) is 33.1 Å². The molecule has 0 bridgehead atoms. The summed E-state index contributed by atoms with van der Waals surface area (Å²) in [7, 11) is 0. The molecule has 18 heavy (non-hydrogen) atoms. The molecule has 1 amide bonds. The molecule has 1 aliphatic carbocycles. The van der Waals surface area contributed by atoms with Gasteiger partial charge in [-0.1, -0.05) is 27.7 Å². The fraction of sp³-hybridized carbons (Fsp3) is 0.500. The molecule has 1 spiro atoms. The second-order valence-corrected chi connectivity index (χ2v) is 6.26. The van der Waals surface area contributed by atoms with Crippen LogP contribution in [-0.2, 0) is 10.2 Å². The Morgan fingerprint density at radius 3 is 2.11 bits per heavy atom. The Morgan fingerprint density at radius 2 is 1.61 bits per heavy atom. The molecular formula is C14H15F2NO. The van der Waals surface area contributed by atoms with E-state index in [1.807, 2.05) is 27.7 Å². The summed E-state index contributed by atoms with van der Waals surface area (Å²) in [6.07, 6.45) is 0. The van der Waals surface area contributed by atoms with Crippen LogP contribution >= 0.6 is 0 Å². The molecule has 1 heterocycles. The van der Waals surface area contributed by atoms with Gasteiger partial charge in [0.1, 0.15) is 11.6 Å². The summed E-state index contributed by atoms with van der Waals surface area (Å²) in [5.41, 5.74) is -0.872. The lowest BCUT2D eigenvalue weighted by Gasteiger charge is -2.12. The Balaban J connectivity index is 2.34. The van der Waals surface area contributed by atoms with Crippen LogP contribution < -0.4 is 5.32 Å². The predicted octanol–water partition coefficient (Wildman–Crippen LogP) is 3.22. The normalized spacial score (nSPS) is 24.9. The first-order valence-corrected chi connectivity index (χ1v) is 5.99. The zero-order valence-electron chi connectivity index (χ0n) is 10.8. The van der Waals surface area contributed by atoms with Crippen LogP contribution in [0.2, 0.25) is 0 Å². The van der Waals surface area contributed by atoms with Gasteiger partial charge in [-0.05, 0) is 22.5 Å². The lowest BCUT2D eigenvalue weighted by atomic mass is 9.87. The van der Waals surface area contributed by atoms with Gasteiger partial charge in [-0.2, -0.15) is 0 Å². The number of halogens is 2. The van der Waals surface area contributed by atoms with E-state index >= 15 is 0 Å². The topological polar surface area (TPSA) is 29.1 Å². The molecule has 1 aromatic carbocycles. The fourth-order valence-electron chi connectivity index (χ4n) is 3.88. The molecule has 96 valence electrons. The SMILES string of the molecule is CC1(C)C(C)(C)C12C(=O)Nc1c(F)cc(F)cc12. The van der Waals surface area contributed by atoms with Crippen molar-refractivity contribution in [1.82, 2.24) is 0 Å². The van der Waals surface area contributed by atoms with Gasteiger partial charge in [0.15, 0.2) is 0 Å². The zero-order chi connectivity index (χ0) is 13.5. The van der Waals surface area contributed by atoms with Crippen molar-refractivity contribution >= 4 is 11.6 Å². The van der Waals surface area contributed by atoms with E-state index in [0.717, 1.165) is 6.07 Å². The zero-order valence-corrected chi connectivity index (χ0v) is 10.8. The standard InChI is InChI=1S/C14H15F2NO/c1-12(2)13(3,4)14(12)8-5-7(15)6-9(16)10(8)17-11(14)18/h5-6H,1-4H3,(H,17,18). The van der Waals surface area contributed by atoms with Gasteiger partial charge in [-0.15, -0.1) is 0 Å². The Morgan fingerprint density at radius 1 is 1.06 bits per heavy atom. The molecule has 1 saturated carbocycles. The maximum absolute atomic E-state index is 13.7. The first kappa shape index (κ1) is 11.6. The molecule has 1 aromatic rings. The van der Waals surface area contributed by atoms with Crippen LogP contribution in [0.25, 0.3) is 0 Å². The third kappa shape index (κ3) is 0.866. The van der Waals surface area contributed by atoms with Crippen molar-refractivity contribution in [3.63, 3.8) is 0 Å². The number of anilines is 1. The highest BCUT2D eigenvalue weighted by molar-refractivity contribution is 6.11. The van der Waals surface area contributed by atoms with Gasteiger partial charge in [0.25, 0.3) is 0 Å². The molecule has 1 aliphatic heterocycles. The van der Waals surface area contributed by atoms with Gasteiger partial charge in [0, 0.05) is 6.07 Å². The van der Waals surface area contributed by atoms with Gasteiger partial charge < -0.3 is 5.32 Å². The number of benzene rings is 1. The summed E-state index contributed by atoms with van der Waals surface area (Å²) in [4.78, 5) is 12.3. The van der Waals surface area contributed by atoms with E-state index in [1.54, 1.807) is 0 Å². The van der Waals surface area contributed by atoms with Crippen molar-refractivity contribution < 1.29 is 13.6 Å². The molecule has 0 atom stereocenters. The highest BCUT2D eigenvalue weighted by Crippen LogP contribution is 2.80. The summed E-state index contributed by atoms with van der Waals surface area (Å²) >= 11 is 0. The summed E-state index contributed by atoms with van der Waals surface area (Å²) in [6.45, 7) is 7.85. The van der Waals surface area contributed by atoms with Gasteiger partial charge in [0.2, 0.25) is 5.91 Å². The van der Waals surface area contributed by atoms with E-state index in [1.165, 1.54) is 6.07 Å². The van der Waals surface area contributed by atoms with E-state index in [4.69, 9.17) is 0 Å². The summed E-state index contributed by atoms with van der Waals surface area (Å²) in [6, 6.07) is 2.09. The van der Waals surface area contributed by atoms with Gasteiger partial charge in [-0.25, -0.2) is 8.78 Å². The van der Waals surface area contributed by atoms with E-state index < -0.39 is 17.0 Å². The number of carbonyl (C=O) groups excluding carboxylic acids is 1. The van der Waals surface area contributed by atoms with Crippen LogP contribution in [0.15, 0.2) is 12.1 Å². The molecule has 0 unspecified atom stereocenters. The lowest BCUT2D eigenvalue weighted by Crippen LogP contribution is -2.26. The van der Waals surface area contributed by atoms with Crippen molar-refractivity contribution in [2.75, 3.05) is 5.32 Å². The molecule has 2 aliphatic rings. The third-order valence-electron chi connectivity index (χ3n) is 5.41. The second kappa shape index (κ2) is 2.76. The molecule has 1 fully saturated rings. The minimum absolute atomic E-state index is 0.139. The van der Waals surface area contributed by atoms with Gasteiger partial charge in [0.05, 0.1) is 11.1 Å². The highest BCUT2D eigenvalue weighted by Gasteiger charge is 2.83. The Kier molecular flexibility index (Phi) is 1.78. The molecule has 0 aromatic heterocycles. The van der Waals surface area contributed by atoms with Gasteiger partial charge >= 0.3 is 0 Å². The minimum Gasteiger partial charge on any atom is -0.323 e. The molecule has 2 nitrogen and oxygen atoms in total.